The molecule has 1 aromatic rings. The second-order valence-corrected chi connectivity index (χ2v) is 5.53. The molecule has 0 radical (unpaired) electrons. The van der Waals surface area contributed by atoms with E-state index in [0.29, 0.717) is 0 Å². The minimum atomic E-state index is -4.14. The number of hydrogen-bond donors (Lipinski definition) is 1. The predicted octanol–water partition coefficient (Wildman–Crippen LogP) is 0.530. The van der Waals surface area contributed by atoms with Crippen molar-refractivity contribution in [3.05, 3.63) is 33.4 Å². The van der Waals surface area contributed by atoms with Crippen molar-refractivity contribution < 1.29 is 17.0 Å². The number of hydroxylamine groups is 2. The van der Waals surface area contributed by atoms with Crippen LogP contribution in [0.3, 0.4) is 0 Å². The Labute approximate surface area is 112 Å². The molecule has 9 heteroatoms. The SMILES string of the molecule is NC1=NOS(=O)(=O)ON1Cc1ccc(I)cc1. The van der Waals surface area contributed by atoms with Gasteiger partial charge in [-0.15, -0.1) is 4.28 Å². The van der Waals surface area contributed by atoms with Crippen LogP contribution in [0.15, 0.2) is 29.4 Å². The summed E-state index contributed by atoms with van der Waals surface area (Å²) >= 11 is 2.17. The van der Waals surface area contributed by atoms with Crippen molar-refractivity contribution in [1.29, 1.82) is 0 Å². The van der Waals surface area contributed by atoms with Crippen molar-refractivity contribution in [2.75, 3.05) is 0 Å². The smallest absolute Gasteiger partial charge is 0.365 e. The van der Waals surface area contributed by atoms with Gasteiger partial charge in [0.2, 0.25) is 0 Å². The molecule has 2 N–H and O–H groups in total. The van der Waals surface area contributed by atoms with Crippen molar-refractivity contribution >= 4 is 38.9 Å². The van der Waals surface area contributed by atoms with Crippen LogP contribution in [-0.2, 0) is 25.5 Å². The molecule has 92 valence electrons. The molecule has 1 aliphatic heterocycles. The summed E-state index contributed by atoms with van der Waals surface area (Å²) in [5.41, 5.74) is 6.27. The summed E-state index contributed by atoms with van der Waals surface area (Å²) in [5.74, 6) is -0.154. The molecule has 0 saturated carbocycles. The lowest BCUT2D eigenvalue weighted by atomic mass is 10.2. The van der Waals surface area contributed by atoms with Gasteiger partial charge in [0.05, 0.1) is 6.54 Å². The summed E-state index contributed by atoms with van der Waals surface area (Å²) in [4.78, 5) is 0. The zero-order valence-corrected chi connectivity index (χ0v) is 11.4. The molecule has 0 fully saturated rings. The van der Waals surface area contributed by atoms with Crippen LogP contribution in [0.4, 0.5) is 0 Å². The van der Waals surface area contributed by atoms with Gasteiger partial charge < -0.3 is 5.73 Å². The highest BCUT2D eigenvalue weighted by Crippen LogP contribution is 2.14. The van der Waals surface area contributed by atoms with E-state index in [1.807, 2.05) is 24.3 Å². The molecule has 17 heavy (non-hydrogen) atoms. The minimum absolute atomic E-state index is 0.154. The molecule has 0 saturated heterocycles. The summed E-state index contributed by atoms with van der Waals surface area (Å²) in [6.07, 6.45) is 0. The van der Waals surface area contributed by atoms with Gasteiger partial charge in [-0.1, -0.05) is 12.1 Å². The normalized spacial score (nSPS) is 18.4. The van der Waals surface area contributed by atoms with Gasteiger partial charge in [-0.2, -0.15) is 13.5 Å². The predicted molar refractivity (Wildman–Crippen MR) is 67.4 cm³/mol. The first-order valence-electron chi connectivity index (χ1n) is 4.45. The third-order valence-electron chi connectivity index (χ3n) is 1.90. The third-order valence-corrected chi connectivity index (χ3v) is 3.24. The molecule has 0 aliphatic carbocycles. The van der Waals surface area contributed by atoms with Gasteiger partial charge in [0, 0.05) is 3.57 Å². The van der Waals surface area contributed by atoms with Crippen LogP contribution in [0.25, 0.3) is 0 Å². The van der Waals surface area contributed by atoms with Crippen molar-refractivity contribution in [2.45, 2.75) is 6.54 Å². The largest absolute Gasteiger partial charge is 0.491 e. The van der Waals surface area contributed by atoms with Crippen LogP contribution in [-0.4, -0.2) is 19.4 Å². The Morgan fingerprint density at radius 2 is 2.00 bits per heavy atom. The van der Waals surface area contributed by atoms with E-state index in [4.69, 9.17) is 5.73 Å². The maximum atomic E-state index is 11.0. The number of rotatable bonds is 2. The number of nitrogens with two attached hydrogens (primary N) is 1. The van der Waals surface area contributed by atoms with E-state index in [1.165, 1.54) is 0 Å². The summed E-state index contributed by atoms with van der Waals surface area (Å²) in [6, 6.07) is 7.44. The van der Waals surface area contributed by atoms with Gasteiger partial charge in [-0.25, -0.2) is 4.28 Å². The standard InChI is InChI=1S/C8H8IN3O4S/c9-7-3-1-6(2-4-7)5-12-8(10)11-15-17(13,14)16-12/h1-4H,5H2,(H2,10,11). The second-order valence-electron chi connectivity index (χ2n) is 3.17. The fourth-order valence-electron chi connectivity index (χ4n) is 1.15. The van der Waals surface area contributed by atoms with E-state index in [-0.39, 0.29) is 12.5 Å². The molecule has 1 heterocycles. The topological polar surface area (TPSA) is 94.2 Å². The number of halogens is 1. The van der Waals surface area contributed by atoms with Crippen molar-refractivity contribution in [2.24, 2.45) is 10.9 Å². The monoisotopic (exact) mass is 369 g/mol. The maximum absolute atomic E-state index is 11.0. The Hall–Kier alpha value is -1.07. The molecule has 0 amide bonds. The Balaban J connectivity index is 2.16. The van der Waals surface area contributed by atoms with Crippen LogP contribution in [0.5, 0.6) is 0 Å². The molecule has 2 rings (SSSR count). The summed E-state index contributed by atoms with van der Waals surface area (Å²) in [5, 5.41) is 4.13. The van der Waals surface area contributed by atoms with Crippen molar-refractivity contribution in [3.8, 4) is 0 Å². The Morgan fingerprint density at radius 3 is 2.65 bits per heavy atom. The zero-order valence-electron chi connectivity index (χ0n) is 8.41. The molecule has 1 aromatic carbocycles. The first-order valence-corrected chi connectivity index (χ1v) is 6.86. The van der Waals surface area contributed by atoms with Gasteiger partial charge in [0.25, 0.3) is 5.96 Å². The molecular formula is C8H8IN3O4S. The summed E-state index contributed by atoms with van der Waals surface area (Å²) in [6.45, 7) is 0.162. The van der Waals surface area contributed by atoms with Crippen LogP contribution in [0.2, 0.25) is 0 Å². The molecule has 7 nitrogen and oxygen atoms in total. The molecule has 0 aromatic heterocycles. The van der Waals surface area contributed by atoms with E-state index in [1.54, 1.807) is 0 Å². The molecule has 0 spiro atoms. The average Bonchev–Trinajstić information content (AvgIpc) is 2.26. The fraction of sp³-hybridized carbons (Fsp3) is 0.125. The first-order chi connectivity index (χ1) is 7.96. The van der Waals surface area contributed by atoms with Gasteiger partial charge in [-0.3, -0.25) is 0 Å². The van der Waals surface area contributed by atoms with Gasteiger partial charge in [0.15, 0.2) is 0 Å². The molecule has 0 bridgehead atoms. The maximum Gasteiger partial charge on any atom is 0.491 e. The summed E-state index contributed by atoms with van der Waals surface area (Å²) < 4.78 is 31.7. The number of hydrogen-bond acceptors (Lipinski definition) is 7. The second kappa shape index (κ2) is 4.66. The number of benzene rings is 1. The van der Waals surface area contributed by atoms with E-state index in [9.17, 15) is 8.42 Å². The zero-order chi connectivity index (χ0) is 12.5. The lowest BCUT2D eigenvalue weighted by Crippen LogP contribution is -2.42. The van der Waals surface area contributed by atoms with Crippen LogP contribution in [0, 0.1) is 3.57 Å². The molecule has 1 aliphatic rings. The molecular weight excluding hydrogens is 361 g/mol. The van der Waals surface area contributed by atoms with Gasteiger partial charge >= 0.3 is 10.4 Å². The highest BCUT2D eigenvalue weighted by Gasteiger charge is 2.27. The Morgan fingerprint density at radius 1 is 1.35 bits per heavy atom. The first kappa shape index (κ1) is 12.4. The quantitative estimate of drug-likeness (QED) is 0.765. The van der Waals surface area contributed by atoms with E-state index in [2.05, 4.69) is 36.3 Å². The van der Waals surface area contributed by atoms with Crippen molar-refractivity contribution in [3.63, 3.8) is 0 Å². The van der Waals surface area contributed by atoms with E-state index in [0.717, 1.165) is 14.2 Å². The highest BCUT2D eigenvalue weighted by molar-refractivity contribution is 14.1. The Kier molecular flexibility index (Phi) is 3.40. The van der Waals surface area contributed by atoms with Crippen LogP contribution >= 0.6 is 22.6 Å². The number of guanidine groups is 1. The van der Waals surface area contributed by atoms with Crippen LogP contribution in [0.1, 0.15) is 5.56 Å². The number of oxime groups is 1. The lowest BCUT2D eigenvalue weighted by molar-refractivity contribution is -0.0207. The molecule has 0 atom stereocenters. The Bertz CT molecular complexity index is 542. The van der Waals surface area contributed by atoms with E-state index < -0.39 is 10.4 Å². The van der Waals surface area contributed by atoms with Gasteiger partial charge in [0.1, 0.15) is 0 Å². The molecule has 0 unspecified atom stereocenters. The van der Waals surface area contributed by atoms with Gasteiger partial charge in [-0.05, 0) is 45.4 Å². The highest BCUT2D eigenvalue weighted by atomic mass is 127. The third kappa shape index (κ3) is 3.20. The minimum Gasteiger partial charge on any atom is -0.365 e. The fourth-order valence-corrected chi connectivity index (χ4v) is 2.06. The lowest BCUT2D eigenvalue weighted by Gasteiger charge is -2.23. The summed E-state index contributed by atoms with van der Waals surface area (Å²) in [7, 11) is -4.14. The van der Waals surface area contributed by atoms with E-state index >= 15 is 0 Å². The van der Waals surface area contributed by atoms with Crippen molar-refractivity contribution in [1.82, 2.24) is 5.06 Å². The number of nitrogens with zero attached hydrogens (tertiary/aromatic N) is 2. The van der Waals surface area contributed by atoms with Crippen LogP contribution < -0.4 is 5.73 Å². The average molecular weight is 369 g/mol.